The molecule has 0 spiro atoms. The van der Waals surface area contributed by atoms with E-state index in [1.54, 1.807) is 24.3 Å². The van der Waals surface area contributed by atoms with Crippen molar-refractivity contribution in [3.8, 4) is 0 Å². The zero-order valence-electron chi connectivity index (χ0n) is 12.7. The molecule has 0 bridgehead atoms. The summed E-state index contributed by atoms with van der Waals surface area (Å²) in [4.78, 5) is 23.3. The van der Waals surface area contributed by atoms with Gasteiger partial charge in [0.05, 0.1) is 12.2 Å². The molecular formula is C17H12ClF3N2O2. The molecule has 0 saturated carbocycles. The molecule has 2 aromatic rings. The minimum atomic E-state index is -1.69. The van der Waals surface area contributed by atoms with Crippen LogP contribution in [0, 0.1) is 17.5 Å². The quantitative estimate of drug-likeness (QED) is 0.626. The predicted molar refractivity (Wildman–Crippen MR) is 88.4 cm³/mol. The fraction of sp³-hybridized carbons (Fsp3) is 0.0588. The lowest BCUT2D eigenvalue weighted by atomic mass is 10.2. The van der Waals surface area contributed by atoms with Gasteiger partial charge in [0.2, 0.25) is 11.8 Å². The number of nitrogens with one attached hydrogen (secondary N) is 2. The summed E-state index contributed by atoms with van der Waals surface area (Å²) in [6, 6.07) is 8.33. The number of amides is 2. The molecule has 130 valence electrons. The Labute approximate surface area is 146 Å². The molecule has 0 aromatic heterocycles. The molecule has 0 aliphatic carbocycles. The van der Waals surface area contributed by atoms with Gasteiger partial charge in [-0.1, -0.05) is 23.7 Å². The number of benzene rings is 2. The van der Waals surface area contributed by atoms with E-state index >= 15 is 0 Å². The van der Waals surface area contributed by atoms with Gasteiger partial charge in [-0.25, -0.2) is 13.2 Å². The standard InChI is InChI=1S/C17H12ClF3N2O2/c18-11-3-1-2-10(8-11)4-7-14(24)22-9-15(25)23-13-6-5-12(19)16(20)17(13)21/h1-8H,9H2,(H,22,24)(H,23,25)/b7-4+. The summed E-state index contributed by atoms with van der Waals surface area (Å²) in [5.41, 5.74) is 0.170. The molecule has 8 heteroatoms. The molecule has 25 heavy (non-hydrogen) atoms. The molecule has 0 unspecified atom stereocenters. The number of rotatable bonds is 5. The van der Waals surface area contributed by atoms with Crippen LogP contribution in [0.4, 0.5) is 18.9 Å². The Morgan fingerprint density at radius 1 is 1.08 bits per heavy atom. The first-order valence-corrected chi connectivity index (χ1v) is 7.39. The van der Waals surface area contributed by atoms with Gasteiger partial charge in [-0.05, 0) is 35.9 Å². The lowest BCUT2D eigenvalue weighted by molar-refractivity contribution is -0.121. The number of carbonyl (C=O) groups is 2. The van der Waals surface area contributed by atoms with Crippen molar-refractivity contribution in [2.24, 2.45) is 0 Å². The summed E-state index contributed by atoms with van der Waals surface area (Å²) in [5.74, 6) is -5.93. The Balaban J connectivity index is 1.87. The topological polar surface area (TPSA) is 58.2 Å². The van der Waals surface area contributed by atoms with E-state index in [0.717, 1.165) is 6.07 Å². The van der Waals surface area contributed by atoms with Gasteiger partial charge in [-0.15, -0.1) is 0 Å². The second kappa shape index (κ2) is 8.34. The number of halogens is 4. The number of anilines is 1. The molecule has 0 saturated heterocycles. The van der Waals surface area contributed by atoms with E-state index in [1.165, 1.54) is 12.2 Å². The van der Waals surface area contributed by atoms with Crippen molar-refractivity contribution in [3.63, 3.8) is 0 Å². The van der Waals surface area contributed by atoms with Crippen LogP contribution in [0.1, 0.15) is 5.56 Å². The molecule has 2 aromatic carbocycles. The van der Waals surface area contributed by atoms with Crippen LogP contribution in [-0.4, -0.2) is 18.4 Å². The molecule has 0 radical (unpaired) electrons. The zero-order valence-corrected chi connectivity index (χ0v) is 13.4. The van der Waals surface area contributed by atoms with E-state index < -0.39 is 41.5 Å². The van der Waals surface area contributed by atoms with E-state index in [2.05, 4.69) is 5.32 Å². The van der Waals surface area contributed by atoms with Gasteiger partial charge in [0.1, 0.15) is 0 Å². The Kier molecular flexibility index (Phi) is 6.19. The maximum atomic E-state index is 13.4. The highest BCUT2D eigenvalue weighted by molar-refractivity contribution is 6.30. The second-order valence-corrected chi connectivity index (χ2v) is 5.31. The highest BCUT2D eigenvalue weighted by Crippen LogP contribution is 2.19. The molecule has 0 aliphatic heterocycles. The molecule has 2 amide bonds. The van der Waals surface area contributed by atoms with Crippen molar-refractivity contribution in [2.75, 3.05) is 11.9 Å². The third-order valence-electron chi connectivity index (χ3n) is 3.01. The molecule has 0 fully saturated rings. The first-order valence-electron chi connectivity index (χ1n) is 7.01. The van der Waals surface area contributed by atoms with Gasteiger partial charge >= 0.3 is 0 Å². The molecule has 0 aliphatic rings. The largest absolute Gasteiger partial charge is 0.343 e. The van der Waals surface area contributed by atoms with E-state index in [0.29, 0.717) is 16.7 Å². The van der Waals surface area contributed by atoms with Crippen molar-refractivity contribution in [3.05, 3.63) is 70.5 Å². The van der Waals surface area contributed by atoms with Crippen molar-refractivity contribution in [1.82, 2.24) is 5.32 Å². The minimum Gasteiger partial charge on any atom is -0.343 e. The van der Waals surface area contributed by atoms with Crippen molar-refractivity contribution in [1.29, 1.82) is 0 Å². The second-order valence-electron chi connectivity index (χ2n) is 4.88. The summed E-state index contributed by atoms with van der Waals surface area (Å²) in [5, 5.41) is 4.82. The summed E-state index contributed by atoms with van der Waals surface area (Å²) >= 11 is 5.81. The molecule has 4 nitrogen and oxygen atoms in total. The fourth-order valence-corrected chi connectivity index (χ4v) is 2.02. The van der Waals surface area contributed by atoms with Crippen molar-refractivity contribution < 1.29 is 22.8 Å². The third kappa shape index (κ3) is 5.36. The highest BCUT2D eigenvalue weighted by atomic mass is 35.5. The van der Waals surface area contributed by atoms with Crippen LogP contribution in [0.15, 0.2) is 42.5 Å². The normalized spacial score (nSPS) is 10.7. The van der Waals surface area contributed by atoms with E-state index in [1.807, 2.05) is 5.32 Å². The fourth-order valence-electron chi connectivity index (χ4n) is 1.83. The zero-order chi connectivity index (χ0) is 18.4. The Morgan fingerprint density at radius 3 is 2.56 bits per heavy atom. The van der Waals surface area contributed by atoms with Gasteiger partial charge < -0.3 is 10.6 Å². The molecule has 0 atom stereocenters. The predicted octanol–water partition coefficient (Wildman–Crippen LogP) is 3.53. The summed E-state index contributed by atoms with van der Waals surface area (Å²) in [7, 11) is 0. The monoisotopic (exact) mass is 368 g/mol. The highest BCUT2D eigenvalue weighted by Gasteiger charge is 2.15. The van der Waals surface area contributed by atoms with Crippen LogP contribution in [0.25, 0.3) is 6.08 Å². The summed E-state index contributed by atoms with van der Waals surface area (Å²) in [6.45, 7) is -0.475. The van der Waals surface area contributed by atoms with Crippen LogP contribution < -0.4 is 10.6 Å². The van der Waals surface area contributed by atoms with Gasteiger partial charge in [-0.2, -0.15) is 0 Å². The average molecular weight is 369 g/mol. The van der Waals surface area contributed by atoms with Gasteiger partial charge in [-0.3, -0.25) is 9.59 Å². The molecule has 2 rings (SSSR count). The summed E-state index contributed by atoms with van der Waals surface area (Å²) in [6.07, 6.45) is 2.69. The lowest BCUT2D eigenvalue weighted by Crippen LogP contribution is -2.32. The summed E-state index contributed by atoms with van der Waals surface area (Å²) < 4.78 is 39.3. The number of hydrogen-bond donors (Lipinski definition) is 2. The SMILES string of the molecule is O=C(/C=C/c1cccc(Cl)c1)NCC(=O)Nc1ccc(F)c(F)c1F. The maximum Gasteiger partial charge on any atom is 0.244 e. The third-order valence-corrected chi connectivity index (χ3v) is 3.24. The maximum absolute atomic E-state index is 13.4. The smallest absolute Gasteiger partial charge is 0.244 e. The first kappa shape index (κ1) is 18.5. The van der Waals surface area contributed by atoms with E-state index in [4.69, 9.17) is 11.6 Å². The Hall–Kier alpha value is -2.80. The van der Waals surface area contributed by atoms with E-state index in [-0.39, 0.29) is 0 Å². The Morgan fingerprint density at radius 2 is 1.84 bits per heavy atom. The van der Waals surface area contributed by atoms with Crippen LogP contribution in [0.5, 0.6) is 0 Å². The minimum absolute atomic E-state index is 0.475. The van der Waals surface area contributed by atoms with Crippen LogP contribution in [0.3, 0.4) is 0 Å². The van der Waals surface area contributed by atoms with Crippen LogP contribution in [-0.2, 0) is 9.59 Å². The van der Waals surface area contributed by atoms with Crippen LogP contribution >= 0.6 is 11.6 Å². The number of carbonyl (C=O) groups excluding carboxylic acids is 2. The van der Waals surface area contributed by atoms with Gasteiger partial charge in [0.25, 0.3) is 0 Å². The molecular weight excluding hydrogens is 357 g/mol. The van der Waals surface area contributed by atoms with Crippen LogP contribution in [0.2, 0.25) is 5.02 Å². The molecule has 2 N–H and O–H groups in total. The number of hydrogen-bond acceptors (Lipinski definition) is 2. The van der Waals surface area contributed by atoms with Crippen molar-refractivity contribution >= 4 is 35.2 Å². The lowest BCUT2D eigenvalue weighted by Gasteiger charge is -2.07. The molecule has 0 heterocycles. The van der Waals surface area contributed by atoms with E-state index in [9.17, 15) is 22.8 Å². The first-order chi connectivity index (χ1) is 11.9. The van der Waals surface area contributed by atoms with Gasteiger partial charge in [0.15, 0.2) is 17.5 Å². The van der Waals surface area contributed by atoms with Gasteiger partial charge in [0, 0.05) is 11.1 Å². The van der Waals surface area contributed by atoms with Crippen molar-refractivity contribution in [2.45, 2.75) is 0 Å². The Bertz CT molecular complexity index is 841. The average Bonchev–Trinajstić information content (AvgIpc) is 2.59.